The number of esters is 1. The van der Waals surface area contributed by atoms with Gasteiger partial charge < -0.3 is 9.47 Å². The number of rotatable bonds is 10. The molecule has 0 aromatic carbocycles. The van der Waals surface area contributed by atoms with Crippen LogP contribution in [0.5, 0.6) is 0 Å². The molecule has 0 aromatic heterocycles. The molecule has 0 aliphatic rings. The standard InChI is InChI=1S/C12H25NO5S/c1-12(2,7-8-17-3)10-13-19(15,16)9-5-6-11(14)18-4/h13H,5-10H2,1-4H3. The molecule has 0 aliphatic carbocycles. The fraction of sp³-hybridized carbons (Fsp3) is 0.917. The van der Waals surface area contributed by atoms with Crippen molar-refractivity contribution in [3.8, 4) is 0 Å². The molecular weight excluding hydrogens is 270 g/mol. The van der Waals surface area contributed by atoms with E-state index in [2.05, 4.69) is 9.46 Å². The number of methoxy groups -OCH3 is 2. The maximum absolute atomic E-state index is 11.7. The molecule has 7 heteroatoms. The van der Waals surface area contributed by atoms with Crippen molar-refractivity contribution in [1.82, 2.24) is 4.72 Å². The summed E-state index contributed by atoms with van der Waals surface area (Å²) >= 11 is 0. The van der Waals surface area contributed by atoms with Gasteiger partial charge in [-0.05, 0) is 18.3 Å². The van der Waals surface area contributed by atoms with E-state index < -0.39 is 16.0 Å². The molecule has 0 radical (unpaired) electrons. The van der Waals surface area contributed by atoms with E-state index in [9.17, 15) is 13.2 Å². The predicted molar refractivity (Wildman–Crippen MR) is 73.3 cm³/mol. The number of nitrogens with one attached hydrogen (secondary N) is 1. The third-order valence-electron chi connectivity index (χ3n) is 2.78. The maximum atomic E-state index is 11.7. The highest BCUT2D eigenvalue weighted by molar-refractivity contribution is 7.89. The van der Waals surface area contributed by atoms with Gasteiger partial charge in [0.2, 0.25) is 10.0 Å². The fourth-order valence-corrected chi connectivity index (χ4v) is 2.63. The topological polar surface area (TPSA) is 81.7 Å². The Bertz CT molecular complexity index is 364. The van der Waals surface area contributed by atoms with Crippen LogP contribution in [-0.2, 0) is 24.3 Å². The fourth-order valence-electron chi connectivity index (χ4n) is 1.35. The van der Waals surface area contributed by atoms with Gasteiger partial charge in [-0.1, -0.05) is 13.8 Å². The minimum Gasteiger partial charge on any atom is -0.469 e. The molecule has 0 amide bonds. The Balaban J connectivity index is 4.05. The summed E-state index contributed by atoms with van der Waals surface area (Å²) < 4.78 is 35.5. The molecule has 0 rings (SSSR count). The van der Waals surface area contributed by atoms with Crippen molar-refractivity contribution in [2.24, 2.45) is 5.41 Å². The molecule has 19 heavy (non-hydrogen) atoms. The third-order valence-corrected chi connectivity index (χ3v) is 4.19. The highest BCUT2D eigenvalue weighted by Gasteiger charge is 2.21. The Morgan fingerprint density at radius 3 is 2.42 bits per heavy atom. The third kappa shape index (κ3) is 9.86. The molecule has 6 nitrogen and oxygen atoms in total. The van der Waals surface area contributed by atoms with Crippen LogP contribution in [0.15, 0.2) is 0 Å². The first-order chi connectivity index (χ1) is 8.72. The molecule has 0 unspecified atom stereocenters. The summed E-state index contributed by atoms with van der Waals surface area (Å²) in [5.41, 5.74) is -0.161. The molecule has 0 saturated heterocycles. The second kappa shape index (κ2) is 8.50. The van der Waals surface area contributed by atoms with Crippen molar-refractivity contribution in [3.05, 3.63) is 0 Å². The van der Waals surface area contributed by atoms with E-state index >= 15 is 0 Å². The molecule has 0 fully saturated rings. The summed E-state index contributed by atoms with van der Waals surface area (Å²) in [6.07, 6.45) is 1.15. The van der Waals surface area contributed by atoms with E-state index in [0.717, 1.165) is 6.42 Å². The lowest BCUT2D eigenvalue weighted by atomic mass is 9.90. The Labute approximate surface area is 115 Å². The maximum Gasteiger partial charge on any atom is 0.305 e. The van der Waals surface area contributed by atoms with Gasteiger partial charge in [0.05, 0.1) is 12.9 Å². The molecule has 0 heterocycles. The van der Waals surface area contributed by atoms with E-state index in [-0.39, 0.29) is 24.0 Å². The van der Waals surface area contributed by atoms with Crippen LogP contribution in [-0.4, -0.2) is 47.5 Å². The van der Waals surface area contributed by atoms with E-state index in [1.165, 1.54) is 7.11 Å². The first kappa shape index (κ1) is 18.3. The lowest BCUT2D eigenvalue weighted by Crippen LogP contribution is -2.36. The minimum atomic E-state index is -3.34. The summed E-state index contributed by atoms with van der Waals surface area (Å²) in [6, 6.07) is 0. The van der Waals surface area contributed by atoms with Crippen LogP contribution in [0.25, 0.3) is 0 Å². The first-order valence-corrected chi connectivity index (χ1v) is 7.91. The normalized spacial score (nSPS) is 12.4. The van der Waals surface area contributed by atoms with E-state index in [0.29, 0.717) is 13.2 Å². The van der Waals surface area contributed by atoms with Crippen LogP contribution in [0, 0.1) is 5.41 Å². The summed E-state index contributed by atoms with van der Waals surface area (Å²) in [4.78, 5) is 10.9. The number of carbonyl (C=O) groups is 1. The van der Waals surface area contributed by atoms with Gasteiger partial charge in [-0.15, -0.1) is 0 Å². The highest BCUT2D eigenvalue weighted by atomic mass is 32.2. The van der Waals surface area contributed by atoms with Gasteiger partial charge in [0.1, 0.15) is 0 Å². The quantitative estimate of drug-likeness (QED) is 0.606. The summed E-state index contributed by atoms with van der Waals surface area (Å²) in [7, 11) is -0.439. The van der Waals surface area contributed by atoms with Crippen molar-refractivity contribution in [3.63, 3.8) is 0 Å². The van der Waals surface area contributed by atoms with Gasteiger partial charge in [-0.2, -0.15) is 0 Å². The monoisotopic (exact) mass is 295 g/mol. The van der Waals surface area contributed by atoms with Gasteiger partial charge in [0.15, 0.2) is 0 Å². The number of ether oxygens (including phenoxy) is 2. The molecule has 0 saturated carbocycles. The molecule has 0 spiro atoms. The van der Waals surface area contributed by atoms with E-state index in [4.69, 9.17) is 4.74 Å². The van der Waals surface area contributed by atoms with Gasteiger partial charge in [-0.3, -0.25) is 4.79 Å². The second-order valence-electron chi connectivity index (χ2n) is 5.23. The Hall–Kier alpha value is -0.660. The van der Waals surface area contributed by atoms with Crippen LogP contribution >= 0.6 is 0 Å². The molecule has 1 N–H and O–H groups in total. The average Bonchev–Trinajstić information content (AvgIpc) is 2.34. The highest BCUT2D eigenvalue weighted by Crippen LogP contribution is 2.19. The molecule has 0 aliphatic heterocycles. The van der Waals surface area contributed by atoms with Crippen LogP contribution in [0.4, 0.5) is 0 Å². The minimum absolute atomic E-state index is 0.0670. The zero-order valence-corrected chi connectivity index (χ0v) is 13.0. The smallest absolute Gasteiger partial charge is 0.305 e. The first-order valence-electron chi connectivity index (χ1n) is 6.25. The lowest BCUT2D eigenvalue weighted by Gasteiger charge is -2.24. The van der Waals surface area contributed by atoms with Crippen molar-refractivity contribution in [2.45, 2.75) is 33.1 Å². The van der Waals surface area contributed by atoms with Gasteiger partial charge in [0.25, 0.3) is 0 Å². The van der Waals surface area contributed by atoms with Crippen molar-refractivity contribution >= 4 is 16.0 Å². The Morgan fingerprint density at radius 1 is 1.26 bits per heavy atom. The molecular formula is C12H25NO5S. The zero-order valence-electron chi connectivity index (χ0n) is 12.2. The molecule has 0 atom stereocenters. The van der Waals surface area contributed by atoms with Crippen LogP contribution < -0.4 is 4.72 Å². The largest absolute Gasteiger partial charge is 0.469 e. The van der Waals surface area contributed by atoms with Crippen molar-refractivity contribution in [2.75, 3.05) is 33.1 Å². The average molecular weight is 295 g/mol. The van der Waals surface area contributed by atoms with Crippen molar-refractivity contribution in [1.29, 1.82) is 0 Å². The van der Waals surface area contributed by atoms with Gasteiger partial charge in [0, 0.05) is 26.7 Å². The van der Waals surface area contributed by atoms with Gasteiger partial charge in [-0.25, -0.2) is 13.1 Å². The molecule has 0 bridgehead atoms. The number of sulfonamides is 1. The van der Waals surface area contributed by atoms with Crippen LogP contribution in [0.2, 0.25) is 0 Å². The van der Waals surface area contributed by atoms with Crippen LogP contribution in [0.1, 0.15) is 33.1 Å². The zero-order chi connectivity index (χ0) is 14.9. The van der Waals surface area contributed by atoms with Crippen LogP contribution in [0.3, 0.4) is 0 Å². The summed E-state index contributed by atoms with van der Waals surface area (Å²) in [5, 5.41) is 0. The van der Waals surface area contributed by atoms with E-state index in [1.807, 2.05) is 13.8 Å². The molecule has 114 valence electrons. The van der Waals surface area contributed by atoms with E-state index in [1.54, 1.807) is 7.11 Å². The number of hydrogen-bond donors (Lipinski definition) is 1. The summed E-state index contributed by atoms with van der Waals surface area (Å²) in [6.45, 7) is 4.90. The van der Waals surface area contributed by atoms with Crippen molar-refractivity contribution < 1.29 is 22.7 Å². The number of hydrogen-bond acceptors (Lipinski definition) is 5. The second-order valence-corrected chi connectivity index (χ2v) is 7.15. The molecule has 0 aromatic rings. The van der Waals surface area contributed by atoms with Gasteiger partial charge >= 0.3 is 5.97 Å². The number of carbonyl (C=O) groups excluding carboxylic acids is 1. The Kier molecular flexibility index (Phi) is 8.20. The SMILES string of the molecule is COCCC(C)(C)CNS(=O)(=O)CCCC(=O)OC. The lowest BCUT2D eigenvalue weighted by molar-refractivity contribution is -0.140. The summed E-state index contributed by atoms with van der Waals surface area (Å²) in [5.74, 6) is -0.460. The predicted octanol–water partition coefficient (Wildman–Crippen LogP) is 0.922. The Morgan fingerprint density at radius 2 is 1.89 bits per heavy atom.